The van der Waals surface area contributed by atoms with Gasteiger partial charge in [0.1, 0.15) is 5.82 Å². The van der Waals surface area contributed by atoms with Gasteiger partial charge in [0, 0.05) is 31.0 Å². The van der Waals surface area contributed by atoms with Crippen LogP contribution in [0.15, 0.2) is 67.0 Å². The fourth-order valence-corrected chi connectivity index (χ4v) is 6.02. The number of benzene rings is 1. The van der Waals surface area contributed by atoms with Crippen molar-refractivity contribution >= 4 is 11.0 Å². The van der Waals surface area contributed by atoms with Crippen molar-refractivity contribution in [3.8, 4) is 0 Å². The normalized spacial score (nSPS) is 22.4. The molecule has 4 aromatic rings. The molecule has 6 heteroatoms. The van der Waals surface area contributed by atoms with Gasteiger partial charge in [0.2, 0.25) is 0 Å². The lowest BCUT2D eigenvalue weighted by Crippen LogP contribution is -2.44. The number of hydrogen-bond acceptors (Lipinski definition) is 5. The maximum absolute atomic E-state index is 4.87. The Morgan fingerprint density at radius 1 is 0.886 bits per heavy atom. The van der Waals surface area contributed by atoms with Gasteiger partial charge in [-0.1, -0.05) is 24.3 Å². The minimum Gasteiger partial charge on any atom is -0.341 e. The lowest BCUT2D eigenvalue weighted by molar-refractivity contribution is 0.0738. The van der Waals surface area contributed by atoms with Gasteiger partial charge >= 0.3 is 0 Å². The summed E-state index contributed by atoms with van der Waals surface area (Å²) >= 11 is 0. The van der Waals surface area contributed by atoms with E-state index in [4.69, 9.17) is 9.97 Å². The first-order valence-corrected chi connectivity index (χ1v) is 13.1. The van der Waals surface area contributed by atoms with Crippen LogP contribution in [-0.4, -0.2) is 36.9 Å². The van der Waals surface area contributed by atoms with Crippen LogP contribution in [0.25, 0.3) is 11.0 Å². The van der Waals surface area contributed by atoms with Crippen molar-refractivity contribution in [2.24, 2.45) is 0 Å². The van der Waals surface area contributed by atoms with Gasteiger partial charge in [-0.3, -0.25) is 14.9 Å². The second kappa shape index (κ2) is 10.3. The third-order valence-corrected chi connectivity index (χ3v) is 7.80. The summed E-state index contributed by atoms with van der Waals surface area (Å²) in [6.07, 6.45) is 12.2. The molecular weight excluding hydrogens is 432 g/mol. The molecule has 1 atom stereocenters. The molecule has 0 saturated heterocycles. The number of nitrogens with one attached hydrogen (secondary N) is 2. The van der Waals surface area contributed by atoms with E-state index in [0.717, 1.165) is 42.1 Å². The Morgan fingerprint density at radius 2 is 1.74 bits per heavy atom. The molecule has 6 nitrogen and oxygen atoms in total. The van der Waals surface area contributed by atoms with Crippen LogP contribution < -0.4 is 5.32 Å². The maximum atomic E-state index is 4.87. The monoisotopic (exact) mass is 466 g/mol. The molecule has 1 fully saturated rings. The van der Waals surface area contributed by atoms with Crippen molar-refractivity contribution in [1.29, 1.82) is 0 Å². The highest BCUT2D eigenvalue weighted by Crippen LogP contribution is 2.38. The summed E-state index contributed by atoms with van der Waals surface area (Å²) < 4.78 is 0. The van der Waals surface area contributed by atoms with Crippen LogP contribution in [-0.2, 0) is 19.5 Å². The molecule has 2 N–H and O–H groups in total. The molecule has 180 valence electrons. The molecule has 2 aliphatic rings. The SMILES string of the molecule is c1ccc(CN(C2CCC(NCc3nc4ccccc4[nH]3)CC2)C2CCCc3cccnc32)nc1. The van der Waals surface area contributed by atoms with E-state index in [1.165, 1.54) is 49.8 Å². The van der Waals surface area contributed by atoms with Gasteiger partial charge in [0.05, 0.1) is 35.0 Å². The van der Waals surface area contributed by atoms with E-state index in [-0.39, 0.29) is 0 Å². The van der Waals surface area contributed by atoms with E-state index in [0.29, 0.717) is 18.1 Å². The number of nitrogens with zero attached hydrogens (tertiary/aromatic N) is 4. The van der Waals surface area contributed by atoms with Gasteiger partial charge in [0.15, 0.2) is 0 Å². The topological polar surface area (TPSA) is 69.7 Å². The van der Waals surface area contributed by atoms with Crippen LogP contribution in [0.4, 0.5) is 0 Å². The Balaban J connectivity index is 1.14. The maximum Gasteiger partial charge on any atom is 0.121 e. The number of fused-ring (bicyclic) bond motifs is 2. The van der Waals surface area contributed by atoms with E-state index in [9.17, 15) is 0 Å². The van der Waals surface area contributed by atoms with Crippen LogP contribution in [0.2, 0.25) is 0 Å². The lowest BCUT2D eigenvalue weighted by Gasteiger charge is -2.43. The molecule has 3 aromatic heterocycles. The van der Waals surface area contributed by atoms with Crippen molar-refractivity contribution in [3.05, 3.63) is 89.8 Å². The van der Waals surface area contributed by atoms with Gasteiger partial charge in [0.25, 0.3) is 0 Å². The van der Waals surface area contributed by atoms with Crippen molar-refractivity contribution in [2.45, 2.75) is 76.2 Å². The zero-order chi connectivity index (χ0) is 23.5. The lowest BCUT2D eigenvalue weighted by atomic mass is 9.85. The van der Waals surface area contributed by atoms with Gasteiger partial charge in [-0.2, -0.15) is 0 Å². The third-order valence-electron chi connectivity index (χ3n) is 7.80. The number of hydrogen-bond donors (Lipinski definition) is 2. The molecule has 3 heterocycles. The number of para-hydroxylation sites is 2. The molecule has 1 unspecified atom stereocenters. The van der Waals surface area contributed by atoms with Crippen LogP contribution in [0.1, 0.15) is 67.3 Å². The highest BCUT2D eigenvalue weighted by molar-refractivity contribution is 5.74. The summed E-state index contributed by atoms with van der Waals surface area (Å²) in [5.74, 6) is 1.02. The first kappa shape index (κ1) is 22.4. The number of aryl methyl sites for hydroxylation is 1. The summed E-state index contributed by atoms with van der Waals surface area (Å²) in [7, 11) is 0. The number of pyridine rings is 2. The van der Waals surface area contributed by atoms with Crippen molar-refractivity contribution < 1.29 is 0 Å². The second-order valence-electron chi connectivity index (χ2n) is 10.0. The molecule has 0 spiro atoms. The predicted octanol–water partition coefficient (Wildman–Crippen LogP) is 5.33. The van der Waals surface area contributed by atoms with E-state index in [1.54, 1.807) is 0 Å². The average molecular weight is 467 g/mol. The van der Waals surface area contributed by atoms with Crippen LogP contribution in [0.5, 0.6) is 0 Å². The Bertz CT molecular complexity index is 1210. The van der Waals surface area contributed by atoms with Crippen LogP contribution >= 0.6 is 0 Å². The highest BCUT2D eigenvalue weighted by atomic mass is 15.2. The molecular formula is C29H34N6. The van der Waals surface area contributed by atoms with Crippen molar-refractivity contribution in [2.75, 3.05) is 0 Å². The number of rotatable bonds is 7. The van der Waals surface area contributed by atoms with Crippen molar-refractivity contribution in [1.82, 2.24) is 30.2 Å². The van der Waals surface area contributed by atoms with E-state index < -0.39 is 0 Å². The molecule has 1 saturated carbocycles. The zero-order valence-corrected chi connectivity index (χ0v) is 20.2. The fraction of sp³-hybridized carbons (Fsp3) is 0.414. The van der Waals surface area contributed by atoms with Gasteiger partial charge in [-0.15, -0.1) is 0 Å². The van der Waals surface area contributed by atoms with Gasteiger partial charge < -0.3 is 10.3 Å². The van der Waals surface area contributed by atoms with Crippen molar-refractivity contribution in [3.63, 3.8) is 0 Å². The average Bonchev–Trinajstić information content (AvgIpc) is 3.34. The van der Waals surface area contributed by atoms with Gasteiger partial charge in [-0.25, -0.2) is 4.98 Å². The Kier molecular flexibility index (Phi) is 6.56. The Labute approximate surface area is 207 Å². The van der Waals surface area contributed by atoms with Gasteiger partial charge in [-0.05, 0) is 80.8 Å². The second-order valence-corrected chi connectivity index (χ2v) is 10.0. The van der Waals surface area contributed by atoms with E-state index in [1.807, 2.05) is 24.5 Å². The smallest absolute Gasteiger partial charge is 0.121 e. The minimum absolute atomic E-state index is 0.381. The minimum atomic E-state index is 0.381. The molecule has 0 aliphatic heterocycles. The zero-order valence-electron chi connectivity index (χ0n) is 20.2. The fourth-order valence-electron chi connectivity index (χ4n) is 6.02. The molecule has 0 amide bonds. The van der Waals surface area contributed by atoms with E-state index in [2.05, 4.69) is 62.6 Å². The molecule has 35 heavy (non-hydrogen) atoms. The number of aromatic amines is 1. The largest absolute Gasteiger partial charge is 0.341 e. The van der Waals surface area contributed by atoms with Crippen LogP contribution in [0.3, 0.4) is 0 Å². The summed E-state index contributed by atoms with van der Waals surface area (Å²) in [6.45, 7) is 1.69. The summed E-state index contributed by atoms with van der Waals surface area (Å²) in [6, 6.07) is 20.3. The molecule has 0 bridgehead atoms. The first-order valence-electron chi connectivity index (χ1n) is 13.1. The number of H-pyrrole nitrogens is 1. The summed E-state index contributed by atoms with van der Waals surface area (Å²) in [4.78, 5) is 20.4. The molecule has 1 aromatic carbocycles. The summed E-state index contributed by atoms with van der Waals surface area (Å²) in [5.41, 5.74) is 6.02. The van der Waals surface area contributed by atoms with Crippen LogP contribution in [0, 0.1) is 0 Å². The standard InChI is InChI=1S/C29H34N6/c1-2-11-26-25(10-1)33-28(34-26)19-32-22-13-15-24(16-14-22)35(20-23-9-3-4-17-30-23)27-12-5-7-21-8-6-18-31-29(21)27/h1-4,6,8-11,17-18,22,24,27,32H,5,7,12-16,19-20H2,(H,33,34). The Hall–Kier alpha value is -3.09. The predicted molar refractivity (Wildman–Crippen MR) is 139 cm³/mol. The first-order chi connectivity index (χ1) is 17.3. The number of imidazole rings is 1. The highest BCUT2D eigenvalue weighted by Gasteiger charge is 2.34. The Morgan fingerprint density at radius 3 is 2.60 bits per heavy atom. The van der Waals surface area contributed by atoms with E-state index >= 15 is 0 Å². The molecule has 2 aliphatic carbocycles. The summed E-state index contributed by atoms with van der Waals surface area (Å²) in [5, 5.41) is 3.77. The number of aromatic nitrogens is 4. The quantitative estimate of drug-likeness (QED) is 0.385. The molecule has 0 radical (unpaired) electrons. The third kappa shape index (κ3) is 5.00. The molecule has 6 rings (SSSR count).